The fourth-order valence-corrected chi connectivity index (χ4v) is 2.25. The SMILES string of the molecule is COC(=O)CN(CC(=O)Nc1sccc1C#N)C(C)C. The van der Waals surface area contributed by atoms with Crippen LogP contribution < -0.4 is 5.32 Å². The highest BCUT2D eigenvalue weighted by molar-refractivity contribution is 7.14. The van der Waals surface area contributed by atoms with Gasteiger partial charge in [0, 0.05) is 6.04 Å². The molecule has 1 heterocycles. The fraction of sp³-hybridized carbons (Fsp3) is 0.462. The van der Waals surface area contributed by atoms with E-state index in [0.29, 0.717) is 10.6 Å². The maximum Gasteiger partial charge on any atom is 0.319 e. The summed E-state index contributed by atoms with van der Waals surface area (Å²) in [5.74, 6) is -0.651. The molecule has 0 spiro atoms. The molecule has 0 unspecified atom stereocenters. The van der Waals surface area contributed by atoms with E-state index in [1.54, 1.807) is 16.3 Å². The van der Waals surface area contributed by atoms with Gasteiger partial charge in [-0.2, -0.15) is 5.26 Å². The first-order chi connectivity index (χ1) is 9.47. The smallest absolute Gasteiger partial charge is 0.319 e. The van der Waals surface area contributed by atoms with E-state index in [1.165, 1.54) is 18.4 Å². The number of rotatable bonds is 6. The van der Waals surface area contributed by atoms with E-state index in [4.69, 9.17) is 5.26 Å². The van der Waals surface area contributed by atoms with Gasteiger partial charge in [0.1, 0.15) is 11.1 Å². The molecule has 0 aliphatic heterocycles. The van der Waals surface area contributed by atoms with Crippen LogP contribution in [0.25, 0.3) is 0 Å². The van der Waals surface area contributed by atoms with Gasteiger partial charge < -0.3 is 10.1 Å². The van der Waals surface area contributed by atoms with Crippen molar-refractivity contribution >= 4 is 28.2 Å². The fourth-order valence-electron chi connectivity index (χ4n) is 1.50. The quantitative estimate of drug-likeness (QED) is 0.803. The van der Waals surface area contributed by atoms with Crippen molar-refractivity contribution < 1.29 is 14.3 Å². The number of ether oxygens (including phenoxy) is 1. The molecule has 1 N–H and O–H groups in total. The van der Waals surface area contributed by atoms with E-state index >= 15 is 0 Å². The second kappa shape index (κ2) is 7.62. The molecule has 0 saturated heterocycles. The summed E-state index contributed by atoms with van der Waals surface area (Å²) < 4.78 is 4.60. The number of carbonyl (C=O) groups excluding carboxylic acids is 2. The lowest BCUT2D eigenvalue weighted by atomic mass is 10.3. The van der Waals surface area contributed by atoms with Crippen molar-refractivity contribution in [2.24, 2.45) is 0 Å². The largest absolute Gasteiger partial charge is 0.468 e. The van der Waals surface area contributed by atoms with Gasteiger partial charge in [0.05, 0.1) is 25.8 Å². The average Bonchev–Trinajstić information content (AvgIpc) is 2.84. The molecule has 0 saturated carbocycles. The number of carbonyl (C=O) groups is 2. The number of amides is 1. The third kappa shape index (κ3) is 4.64. The summed E-state index contributed by atoms with van der Waals surface area (Å²) in [6.45, 7) is 3.90. The molecular weight excluding hydrogens is 278 g/mol. The summed E-state index contributed by atoms with van der Waals surface area (Å²) in [5.41, 5.74) is 0.437. The number of hydrogen-bond donors (Lipinski definition) is 1. The zero-order valence-electron chi connectivity index (χ0n) is 11.7. The van der Waals surface area contributed by atoms with Gasteiger partial charge in [-0.05, 0) is 25.3 Å². The number of nitrogens with one attached hydrogen (secondary N) is 1. The molecule has 0 aromatic carbocycles. The van der Waals surface area contributed by atoms with Gasteiger partial charge in [-0.15, -0.1) is 11.3 Å². The van der Waals surface area contributed by atoms with Gasteiger partial charge in [-0.1, -0.05) is 0 Å². The molecule has 0 bridgehead atoms. The number of hydrogen-bond acceptors (Lipinski definition) is 6. The van der Waals surface area contributed by atoms with Crippen LogP contribution in [0.2, 0.25) is 0 Å². The second-order valence-electron chi connectivity index (χ2n) is 4.40. The lowest BCUT2D eigenvalue weighted by Crippen LogP contribution is -2.41. The molecule has 20 heavy (non-hydrogen) atoms. The van der Waals surface area contributed by atoms with Gasteiger partial charge in [0.2, 0.25) is 5.91 Å². The predicted molar refractivity (Wildman–Crippen MR) is 76.4 cm³/mol. The van der Waals surface area contributed by atoms with Gasteiger partial charge in [0.25, 0.3) is 0 Å². The topological polar surface area (TPSA) is 82.4 Å². The number of esters is 1. The zero-order chi connectivity index (χ0) is 15.1. The maximum absolute atomic E-state index is 12.0. The number of thiophene rings is 1. The highest BCUT2D eigenvalue weighted by atomic mass is 32.1. The molecule has 0 aliphatic rings. The van der Waals surface area contributed by atoms with E-state index in [0.717, 1.165) is 0 Å². The first-order valence-corrected chi connectivity index (χ1v) is 6.94. The first kappa shape index (κ1) is 16.1. The van der Waals surface area contributed by atoms with Crippen LogP contribution in [0.1, 0.15) is 19.4 Å². The predicted octanol–water partition coefficient (Wildman–Crippen LogP) is 1.44. The molecule has 0 radical (unpaired) electrons. The Kier molecular flexibility index (Phi) is 6.15. The summed E-state index contributed by atoms with van der Waals surface area (Å²) in [7, 11) is 1.31. The van der Waals surface area contributed by atoms with Crippen LogP contribution in [0.3, 0.4) is 0 Å². The van der Waals surface area contributed by atoms with Crippen molar-refractivity contribution in [3.8, 4) is 6.07 Å². The average molecular weight is 295 g/mol. The first-order valence-electron chi connectivity index (χ1n) is 6.06. The van der Waals surface area contributed by atoms with Crippen molar-refractivity contribution in [3.05, 3.63) is 17.0 Å². The third-order valence-corrected chi connectivity index (χ3v) is 3.51. The Hall–Kier alpha value is -1.91. The van der Waals surface area contributed by atoms with Crippen molar-refractivity contribution in [1.29, 1.82) is 5.26 Å². The summed E-state index contributed by atoms with van der Waals surface area (Å²) in [5, 5.41) is 13.8. The Labute approximate surface area is 121 Å². The third-order valence-electron chi connectivity index (χ3n) is 2.68. The molecule has 1 amide bonds. The summed E-state index contributed by atoms with van der Waals surface area (Å²) in [4.78, 5) is 24.9. The van der Waals surface area contributed by atoms with E-state index in [1.807, 2.05) is 19.9 Å². The Morgan fingerprint density at radius 3 is 2.75 bits per heavy atom. The van der Waals surface area contributed by atoms with Crippen LogP contribution in [0, 0.1) is 11.3 Å². The minimum absolute atomic E-state index is 0.0265. The van der Waals surface area contributed by atoms with Crippen molar-refractivity contribution in [3.63, 3.8) is 0 Å². The van der Waals surface area contributed by atoms with Crippen LogP contribution in [-0.2, 0) is 14.3 Å². The summed E-state index contributed by atoms with van der Waals surface area (Å²) in [6.07, 6.45) is 0. The number of nitriles is 1. The minimum atomic E-state index is -0.389. The van der Waals surface area contributed by atoms with Crippen LogP contribution in [0.15, 0.2) is 11.4 Å². The summed E-state index contributed by atoms with van der Waals surface area (Å²) >= 11 is 1.29. The monoisotopic (exact) mass is 295 g/mol. The normalized spacial score (nSPS) is 10.4. The van der Waals surface area contributed by atoms with Gasteiger partial charge in [-0.3, -0.25) is 14.5 Å². The number of nitrogens with zero attached hydrogens (tertiary/aromatic N) is 2. The number of methoxy groups -OCH3 is 1. The van der Waals surface area contributed by atoms with Gasteiger partial charge in [0.15, 0.2) is 0 Å². The minimum Gasteiger partial charge on any atom is -0.468 e. The molecule has 6 nitrogen and oxygen atoms in total. The molecule has 0 aliphatic carbocycles. The maximum atomic E-state index is 12.0. The van der Waals surface area contributed by atoms with Crippen LogP contribution in [0.5, 0.6) is 0 Å². The molecule has 7 heteroatoms. The van der Waals surface area contributed by atoms with Crippen molar-refractivity contribution in [2.75, 3.05) is 25.5 Å². The zero-order valence-corrected chi connectivity index (χ0v) is 12.5. The standard InChI is InChI=1S/C13H17N3O3S/c1-9(2)16(8-12(18)19-3)7-11(17)15-13-10(6-14)4-5-20-13/h4-5,9H,7-8H2,1-3H3,(H,15,17). The molecule has 108 valence electrons. The van der Waals surface area contributed by atoms with E-state index in [9.17, 15) is 9.59 Å². The van der Waals surface area contributed by atoms with Crippen LogP contribution >= 0.6 is 11.3 Å². The second-order valence-corrected chi connectivity index (χ2v) is 5.31. The van der Waals surface area contributed by atoms with Crippen LogP contribution in [-0.4, -0.2) is 43.0 Å². The Morgan fingerprint density at radius 2 is 2.20 bits per heavy atom. The van der Waals surface area contributed by atoms with E-state index in [-0.39, 0.29) is 31.0 Å². The Bertz CT molecular complexity index is 519. The van der Waals surface area contributed by atoms with Crippen molar-refractivity contribution in [1.82, 2.24) is 4.90 Å². The molecule has 1 aromatic heterocycles. The Morgan fingerprint density at radius 1 is 1.50 bits per heavy atom. The van der Waals surface area contributed by atoms with Crippen LogP contribution in [0.4, 0.5) is 5.00 Å². The van der Waals surface area contributed by atoms with E-state index in [2.05, 4.69) is 10.1 Å². The number of anilines is 1. The lowest BCUT2D eigenvalue weighted by molar-refractivity contribution is -0.142. The molecule has 0 fully saturated rings. The lowest BCUT2D eigenvalue weighted by Gasteiger charge is -2.24. The Balaban J connectivity index is 2.63. The molecule has 1 aromatic rings. The van der Waals surface area contributed by atoms with E-state index < -0.39 is 0 Å². The highest BCUT2D eigenvalue weighted by Gasteiger charge is 2.18. The summed E-state index contributed by atoms with van der Waals surface area (Å²) in [6, 6.07) is 3.68. The molecule has 0 atom stereocenters. The van der Waals surface area contributed by atoms with Gasteiger partial charge in [-0.25, -0.2) is 0 Å². The molecule has 1 rings (SSSR count). The van der Waals surface area contributed by atoms with Gasteiger partial charge >= 0.3 is 5.97 Å². The highest BCUT2D eigenvalue weighted by Crippen LogP contribution is 2.21. The van der Waals surface area contributed by atoms with Crippen molar-refractivity contribution in [2.45, 2.75) is 19.9 Å². The molecular formula is C13H17N3O3S.